The molecule has 2 N–H and O–H groups in total. The molecule has 2 aromatic rings. The molecule has 0 aliphatic carbocycles. The van der Waals surface area contributed by atoms with E-state index in [2.05, 4.69) is 10.1 Å². The highest BCUT2D eigenvalue weighted by atomic mass is 35.5. The van der Waals surface area contributed by atoms with Crippen molar-refractivity contribution in [3.8, 4) is 11.5 Å². The minimum Gasteiger partial charge on any atom is -0.398 e. The van der Waals surface area contributed by atoms with Gasteiger partial charge in [0.25, 0.3) is 5.89 Å². The predicted octanol–water partition coefficient (Wildman–Crippen LogP) is 2.03. The Morgan fingerprint density at radius 1 is 1.41 bits per heavy atom. The molecule has 0 aliphatic heterocycles. The highest BCUT2D eigenvalue weighted by molar-refractivity contribution is 6.33. The first kappa shape index (κ1) is 11.9. The van der Waals surface area contributed by atoms with Crippen LogP contribution in [0.25, 0.3) is 11.5 Å². The van der Waals surface area contributed by atoms with Crippen molar-refractivity contribution < 1.29 is 4.52 Å². The van der Waals surface area contributed by atoms with Crippen molar-refractivity contribution >= 4 is 17.3 Å². The molecule has 0 atom stereocenters. The van der Waals surface area contributed by atoms with Crippen molar-refractivity contribution in [2.45, 2.75) is 6.54 Å². The number of aromatic nitrogens is 2. The molecule has 0 amide bonds. The maximum atomic E-state index is 5.93. The van der Waals surface area contributed by atoms with Crippen LogP contribution in [0.3, 0.4) is 0 Å². The molecule has 0 aliphatic rings. The van der Waals surface area contributed by atoms with E-state index in [1.807, 2.05) is 19.0 Å². The second kappa shape index (κ2) is 4.73. The molecule has 6 heteroatoms. The number of rotatable bonds is 3. The molecule has 1 aromatic carbocycles. The third-order valence-electron chi connectivity index (χ3n) is 2.17. The monoisotopic (exact) mass is 252 g/mol. The number of hydrogen-bond donors (Lipinski definition) is 1. The lowest BCUT2D eigenvalue weighted by Crippen LogP contribution is -2.11. The molecule has 17 heavy (non-hydrogen) atoms. The minimum atomic E-state index is 0.448. The number of nitrogens with zero attached hydrogens (tertiary/aromatic N) is 3. The molecule has 0 bridgehead atoms. The van der Waals surface area contributed by atoms with Gasteiger partial charge in [0.15, 0.2) is 5.82 Å². The van der Waals surface area contributed by atoms with Crippen LogP contribution >= 0.6 is 11.6 Å². The van der Waals surface area contributed by atoms with Crippen LogP contribution in [0, 0.1) is 0 Å². The van der Waals surface area contributed by atoms with E-state index in [0.29, 0.717) is 29.0 Å². The van der Waals surface area contributed by atoms with Crippen molar-refractivity contribution in [3.63, 3.8) is 0 Å². The van der Waals surface area contributed by atoms with E-state index in [1.165, 1.54) is 0 Å². The Hall–Kier alpha value is -1.59. The summed E-state index contributed by atoms with van der Waals surface area (Å²) in [6.45, 7) is 0.631. The highest BCUT2D eigenvalue weighted by Crippen LogP contribution is 2.25. The molecule has 1 heterocycles. The van der Waals surface area contributed by atoms with Gasteiger partial charge in [-0.1, -0.05) is 16.8 Å². The fourth-order valence-electron chi connectivity index (χ4n) is 1.38. The van der Waals surface area contributed by atoms with Crippen LogP contribution < -0.4 is 5.73 Å². The van der Waals surface area contributed by atoms with Crippen LogP contribution in [0.2, 0.25) is 5.02 Å². The first-order valence-electron chi connectivity index (χ1n) is 5.09. The minimum absolute atomic E-state index is 0.448. The lowest BCUT2D eigenvalue weighted by atomic mass is 10.2. The molecule has 90 valence electrons. The molecule has 0 spiro atoms. The Labute approximate surface area is 104 Å². The standard InChI is InChI=1S/C11H13ClN4O/c1-16(2)6-10-14-11(17-15-10)7-3-4-9(13)8(12)5-7/h3-5H,6,13H2,1-2H3. The smallest absolute Gasteiger partial charge is 0.258 e. The summed E-state index contributed by atoms with van der Waals surface area (Å²) in [6.07, 6.45) is 0. The summed E-state index contributed by atoms with van der Waals surface area (Å²) in [5.74, 6) is 1.08. The number of halogens is 1. The Balaban J connectivity index is 2.27. The highest BCUT2D eigenvalue weighted by Gasteiger charge is 2.10. The van der Waals surface area contributed by atoms with E-state index in [0.717, 1.165) is 5.56 Å². The lowest BCUT2D eigenvalue weighted by molar-refractivity contribution is 0.365. The Morgan fingerprint density at radius 3 is 2.82 bits per heavy atom. The van der Waals surface area contributed by atoms with E-state index in [4.69, 9.17) is 21.9 Å². The van der Waals surface area contributed by atoms with Gasteiger partial charge in [0, 0.05) is 5.56 Å². The van der Waals surface area contributed by atoms with Gasteiger partial charge in [0.05, 0.1) is 17.3 Å². The number of nitrogens with two attached hydrogens (primary N) is 1. The zero-order valence-corrected chi connectivity index (χ0v) is 10.4. The average Bonchev–Trinajstić information content (AvgIpc) is 2.69. The van der Waals surface area contributed by atoms with Gasteiger partial charge in [-0.25, -0.2) is 0 Å². The third-order valence-corrected chi connectivity index (χ3v) is 2.50. The molecule has 0 fully saturated rings. The van der Waals surface area contributed by atoms with Gasteiger partial charge >= 0.3 is 0 Å². The van der Waals surface area contributed by atoms with Crippen molar-refractivity contribution in [2.75, 3.05) is 19.8 Å². The summed E-state index contributed by atoms with van der Waals surface area (Å²) >= 11 is 5.93. The second-order valence-electron chi connectivity index (χ2n) is 3.99. The topological polar surface area (TPSA) is 68.2 Å². The molecule has 0 saturated carbocycles. The number of hydrogen-bond acceptors (Lipinski definition) is 5. The Bertz CT molecular complexity index is 524. The third kappa shape index (κ3) is 2.75. The summed E-state index contributed by atoms with van der Waals surface area (Å²) in [4.78, 5) is 6.24. The van der Waals surface area contributed by atoms with Crippen LogP contribution in [-0.4, -0.2) is 29.1 Å². The van der Waals surface area contributed by atoms with Crippen molar-refractivity contribution in [3.05, 3.63) is 29.0 Å². The summed E-state index contributed by atoms with van der Waals surface area (Å²) in [6, 6.07) is 5.23. The van der Waals surface area contributed by atoms with Crippen LogP contribution in [0.15, 0.2) is 22.7 Å². The van der Waals surface area contributed by atoms with Crippen LogP contribution in [-0.2, 0) is 6.54 Å². The SMILES string of the molecule is CN(C)Cc1noc(-c2ccc(N)c(Cl)c2)n1. The molecule has 5 nitrogen and oxygen atoms in total. The molecule has 0 unspecified atom stereocenters. The number of anilines is 1. The van der Waals surface area contributed by atoms with E-state index < -0.39 is 0 Å². The molecular weight excluding hydrogens is 240 g/mol. The largest absolute Gasteiger partial charge is 0.398 e. The quantitative estimate of drug-likeness (QED) is 0.847. The van der Waals surface area contributed by atoms with E-state index in [9.17, 15) is 0 Å². The number of benzene rings is 1. The van der Waals surface area contributed by atoms with Crippen molar-refractivity contribution in [2.24, 2.45) is 0 Å². The van der Waals surface area contributed by atoms with Crippen molar-refractivity contribution in [1.82, 2.24) is 15.0 Å². The van der Waals surface area contributed by atoms with Gasteiger partial charge in [0.2, 0.25) is 0 Å². The van der Waals surface area contributed by atoms with Crippen LogP contribution in [0.4, 0.5) is 5.69 Å². The molecular formula is C11H13ClN4O. The maximum Gasteiger partial charge on any atom is 0.258 e. The summed E-state index contributed by atoms with van der Waals surface area (Å²) in [5, 5.41) is 4.36. The molecule has 0 radical (unpaired) electrons. The average molecular weight is 253 g/mol. The van der Waals surface area contributed by atoms with Gasteiger partial charge in [-0.05, 0) is 32.3 Å². The second-order valence-corrected chi connectivity index (χ2v) is 4.40. The Morgan fingerprint density at radius 2 is 2.18 bits per heavy atom. The molecule has 0 saturated heterocycles. The lowest BCUT2D eigenvalue weighted by Gasteiger charge is -2.03. The number of nitrogen functional groups attached to an aromatic ring is 1. The normalized spacial score (nSPS) is 11.1. The summed E-state index contributed by atoms with van der Waals surface area (Å²) in [5.41, 5.74) is 6.93. The van der Waals surface area contributed by atoms with E-state index in [-0.39, 0.29) is 0 Å². The fraction of sp³-hybridized carbons (Fsp3) is 0.273. The van der Waals surface area contributed by atoms with Gasteiger partial charge in [0.1, 0.15) is 0 Å². The molecule has 1 aromatic heterocycles. The van der Waals surface area contributed by atoms with Gasteiger partial charge in [-0.3, -0.25) is 0 Å². The first-order valence-corrected chi connectivity index (χ1v) is 5.47. The van der Waals surface area contributed by atoms with Crippen LogP contribution in [0.1, 0.15) is 5.82 Å². The molecule has 2 rings (SSSR count). The fourth-order valence-corrected chi connectivity index (χ4v) is 1.56. The summed E-state index contributed by atoms with van der Waals surface area (Å²) < 4.78 is 5.16. The first-order chi connectivity index (χ1) is 8.06. The maximum absolute atomic E-state index is 5.93. The zero-order valence-electron chi connectivity index (χ0n) is 9.64. The van der Waals surface area contributed by atoms with Gasteiger partial charge < -0.3 is 15.2 Å². The van der Waals surface area contributed by atoms with Crippen LogP contribution in [0.5, 0.6) is 0 Å². The van der Waals surface area contributed by atoms with Crippen molar-refractivity contribution in [1.29, 1.82) is 0 Å². The zero-order chi connectivity index (χ0) is 12.4. The predicted molar refractivity (Wildman–Crippen MR) is 66.5 cm³/mol. The Kier molecular flexibility index (Phi) is 3.31. The van der Waals surface area contributed by atoms with Gasteiger partial charge in [-0.15, -0.1) is 0 Å². The van der Waals surface area contributed by atoms with E-state index >= 15 is 0 Å². The summed E-state index contributed by atoms with van der Waals surface area (Å²) in [7, 11) is 3.88. The van der Waals surface area contributed by atoms with Gasteiger partial charge in [-0.2, -0.15) is 4.98 Å². The van der Waals surface area contributed by atoms with E-state index in [1.54, 1.807) is 18.2 Å².